The summed E-state index contributed by atoms with van der Waals surface area (Å²) in [6.45, 7) is 10.4. The van der Waals surface area contributed by atoms with E-state index in [4.69, 9.17) is 4.74 Å². The van der Waals surface area contributed by atoms with Gasteiger partial charge in [0.15, 0.2) is 5.96 Å². The minimum Gasteiger partial charge on any atom is -0.444 e. The topological polar surface area (TPSA) is 90.9 Å². The van der Waals surface area contributed by atoms with Gasteiger partial charge in [-0.25, -0.2) is 9.78 Å². The fourth-order valence-corrected chi connectivity index (χ4v) is 2.14. The number of hydrogen-bond donors (Lipinski definition) is 3. The molecule has 0 fully saturated rings. The maximum absolute atomic E-state index is 12.0. The van der Waals surface area contributed by atoms with Gasteiger partial charge in [-0.2, -0.15) is 0 Å². The average molecular weight is 379 g/mol. The number of aliphatic imine (C=N–C) groups is 1. The third-order valence-corrected chi connectivity index (χ3v) is 3.45. The molecule has 0 spiro atoms. The van der Waals surface area contributed by atoms with Gasteiger partial charge in [-0.1, -0.05) is 6.07 Å². The van der Waals surface area contributed by atoms with Gasteiger partial charge < -0.3 is 25.6 Å². The Hall–Kier alpha value is -2.51. The van der Waals surface area contributed by atoms with Crippen molar-refractivity contribution in [2.45, 2.75) is 52.3 Å². The molecule has 27 heavy (non-hydrogen) atoms. The quantitative estimate of drug-likeness (QED) is 0.519. The predicted molar refractivity (Wildman–Crippen MR) is 110 cm³/mol. The SMILES string of the molecule is CN=C(NCc1cccc(N(C)C)n1)NCC(C)(C)NC(=O)OC(C)(C)C. The van der Waals surface area contributed by atoms with E-state index in [1.165, 1.54) is 0 Å². The fraction of sp³-hybridized carbons (Fsp3) is 0.632. The lowest BCUT2D eigenvalue weighted by Gasteiger charge is -2.29. The third kappa shape index (κ3) is 9.12. The molecule has 8 heteroatoms. The van der Waals surface area contributed by atoms with E-state index < -0.39 is 17.2 Å². The van der Waals surface area contributed by atoms with Gasteiger partial charge in [-0.3, -0.25) is 4.99 Å². The fourth-order valence-electron chi connectivity index (χ4n) is 2.14. The molecule has 0 bridgehead atoms. The highest BCUT2D eigenvalue weighted by Crippen LogP contribution is 2.09. The summed E-state index contributed by atoms with van der Waals surface area (Å²) in [5, 5.41) is 9.31. The minimum atomic E-state index is -0.528. The second-order valence-electron chi connectivity index (χ2n) is 8.17. The lowest BCUT2D eigenvalue weighted by Crippen LogP contribution is -2.54. The molecule has 1 aromatic heterocycles. The summed E-state index contributed by atoms with van der Waals surface area (Å²) in [5.41, 5.74) is -0.127. The largest absolute Gasteiger partial charge is 0.444 e. The molecule has 0 atom stereocenters. The molecule has 0 aliphatic carbocycles. The zero-order chi connectivity index (χ0) is 20.7. The normalized spacial score (nSPS) is 12.4. The van der Waals surface area contributed by atoms with E-state index in [1.54, 1.807) is 7.05 Å². The summed E-state index contributed by atoms with van der Waals surface area (Å²) < 4.78 is 5.31. The molecule has 0 saturated heterocycles. The maximum atomic E-state index is 12.0. The van der Waals surface area contributed by atoms with Crippen LogP contribution in [0.5, 0.6) is 0 Å². The standard InChI is InChI=1S/C19H34N6O2/c1-18(2,3)27-17(26)24-19(4,5)13-22-16(20-6)21-12-14-10-9-11-15(23-14)25(7)8/h9-11H,12-13H2,1-8H3,(H,24,26)(H2,20,21,22). The summed E-state index contributed by atoms with van der Waals surface area (Å²) in [7, 11) is 5.62. The van der Waals surface area contributed by atoms with E-state index in [0.717, 1.165) is 11.5 Å². The number of carbonyl (C=O) groups excluding carboxylic acids is 1. The van der Waals surface area contributed by atoms with Crippen molar-refractivity contribution in [1.82, 2.24) is 20.9 Å². The Bertz CT molecular complexity index is 650. The number of amides is 1. The number of hydrogen-bond acceptors (Lipinski definition) is 5. The van der Waals surface area contributed by atoms with Crippen LogP contribution in [0.15, 0.2) is 23.2 Å². The van der Waals surface area contributed by atoms with Gasteiger partial charge in [-0.15, -0.1) is 0 Å². The molecule has 3 N–H and O–H groups in total. The van der Waals surface area contributed by atoms with Crippen LogP contribution in [0.3, 0.4) is 0 Å². The van der Waals surface area contributed by atoms with Crippen LogP contribution in [-0.4, -0.2) is 55.9 Å². The maximum Gasteiger partial charge on any atom is 0.408 e. The zero-order valence-electron chi connectivity index (χ0n) is 17.8. The van der Waals surface area contributed by atoms with Crippen molar-refractivity contribution in [1.29, 1.82) is 0 Å². The van der Waals surface area contributed by atoms with Crippen LogP contribution in [0.25, 0.3) is 0 Å². The zero-order valence-corrected chi connectivity index (χ0v) is 17.8. The molecule has 1 aromatic rings. The second-order valence-corrected chi connectivity index (χ2v) is 8.17. The van der Waals surface area contributed by atoms with Crippen LogP contribution in [-0.2, 0) is 11.3 Å². The first-order valence-corrected chi connectivity index (χ1v) is 9.01. The molecule has 1 amide bonds. The van der Waals surface area contributed by atoms with Crippen molar-refractivity contribution in [3.63, 3.8) is 0 Å². The van der Waals surface area contributed by atoms with E-state index >= 15 is 0 Å². The first-order chi connectivity index (χ1) is 12.4. The van der Waals surface area contributed by atoms with Gasteiger partial charge in [0.1, 0.15) is 11.4 Å². The van der Waals surface area contributed by atoms with E-state index in [-0.39, 0.29) is 0 Å². The lowest BCUT2D eigenvalue weighted by molar-refractivity contribution is 0.0474. The number of guanidine groups is 1. The van der Waals surface area contributed by atoms with Gasteiger partial charge in [0.05, 0.1) is 17.8 Å². The Balaban J connectivity index is 2.54. The smallest absolute Gasteiger partial charge is 0.408 e. The number of alkyl carbamates (subject to hydrolysis) is 1. The van der Waals surface area contributed by atoms with Crippen LogP contribution in [0.4, 0.5) is 10.6 Å². The van der Waals surface area contributed by atoms with E-state index in [2.05, 4.69) is 25.9 Å². The molecule has 0 aliphatic heterocycles. The van der Waals surface area contributed by atoms with Gasteiger partial charge in [0.2, 0.25) is 0 Å². The van der Waals surface area contributed by atoms with Gasteiger partial charge in [0, 0.05) is 27.7 Å². The van der Waals surface area contributed by atoms with Crippen molar-refractivity contribution in [2.24, 2.45) is 4.99 Å². The molecule has 0 saturated carbocycles. The molecule has 0 unspecified atom stereocenters. The van der Waals surface area contributed by atoms with Crippen LogP contribution >= 0.6 is 0 Å². The number of carbonyl (C=O) groups is 1. The number of ether oxygens (including phenoxy) is 1. The Kier molecular flexibility index (Phi) is 7.87. The monoisotopic (exact) mass is 378 g/mol. The molecule has 8 nitrogen and oxygen atoms in total. The first kappa shape index (κ1) is 22.5. The van der Waals surface area contributed by atoms with Crippen LogP contribution in [0, 0.1) is 0 Å². The lowest BCUT2D eigenvalue weighted by atomic mass is 10.1. The van der Waals surface area contributed by atoms with Crippen molar-refractivity contribution >= 4 is 17.9 Å². The van der Waals surface area contributed by atoms with Crippen molar-refractivity contribution in [3.05, 3.63) is 23.9 Å². The highest BCUT2D eigenvalue weighted by Gasteiger charge is 2.24. The number of pyridine rings is 1. The average Bonchev–Trinajstić information content (AvgIpc) is 2.52. The molecule has 1 heterocycles. The molecular weight excluding hydrogens is 344 g/mol. The Morgan fingerprint density at radius 2 is 1.85 bits per heavy atom. The van der Waals surface area contributed by atoms with Crippen LogP contribution < -0.4 is 20.9 Å². The number of rotatable bonds is 6. The van der Waals surface area contributed by atoms with Crippen LogP contribution in [0.2, 0.25) is 0 Å². The van der Waals surface area contributed by atoms with Crippen LogP contribution in [0.1, 0.15) is 40.3 Å². The van der Waals surface area contributed by atoms with Crippen molar-refractivity contribution in [3.8, 4) is 0 Å². The molecule has 1 rings (SSSR count). The number of nitrogens with one attached hydrogen (secondary N) is 3. The van der Waals surface area contributed by atoms with Crippen molar-refractivity contribution in [2.75, 3.05) is 32.6 Å². The molecule has 152 valence electrons. The third-order valence-electron chi connectivity index (χ3n) is 3.45. The summed E-state index contributed by atoms with van der Waals surface area (Å²) in [6, 6.07) is 5.89. The summed E-state index contributed by atoms with van der Waals surface area (Å²) in [5.74, 6) is 1.53. The Morgan fingerprint density at radius 1 is 1.19 bits per heavy atom. The number of aromatic nitrogens is 1. The Labute approximate surface area is 162 Å². The molecule has 0 aromatic carbocycles. The highest BCUT2D eigenvalue weighted by molar-refractivity contribution is 5.79. The Morgan fingerprint density at radius 3 is 2.41 bits per heavy atom. The summed E-state index contributed by atoms with van der Waals surface area (Å²) >= 11 is 0. The molecule has 0 aliphatic rings. The minimum absolute atomic E-state index is 0.443. The van der Waals surface area contributed by atoms with E-state index in [0.29, 0.717) is 19.0 Å². The van der Waals surface area contributed by atoms with E-state index in [9.17, 15) is 4.79 Å². The first-order valence-electron chi connectivity index (χ1n) is 9.01. The van der Waals surface area contributed by atoms with Gasteiger partial charge >= 0.3 is 6.09 Å². The number of nitrogens with zero attached hydrogens (tertiary/aromatic N) is 3. The van der Waals surface area contributed by atoms with Gasteiger partial charge in [0.25, 0.3) is 0 Å². The number of anilines is 1. The molecule has 0 radical (unpaired) electrons. The predicted octanol–water partition coefficient (Wildman–Crippen LogP) is 2.12. The summed E-state index contributed by atoms with van der Waals surface area (Å²) in [6.07, 6.45) is -0.443. The molecular formula is C19H34N6O2. The van der Waals surface area contributed by atoms with E-state index in [1.807, 2.05) is 71.8 Å². The summed E-state index contributed by atoms with van der Waals surface area (Å²) in [4.78, 5) is 22.7. The second kappa shape index (κ2) is 9.43. The van der Waals surface area contributed by atoms with Crippen molar-refractivity contribution < 1.29 is 9.53 Å². The highest BCUT2D eigenvalue weighted by atomic mass is 16.6. The van der Waals surface area contributed by atoms with Gasteiger partial charge in [-0.05, 0) is 46.8 Å².